The molecule has 0 aliphatic heterocycles. The molecule has 0 saturated heterocycles. The zero-order chi connectivity index (χ0) is 14.4. The van der Waals surface area contributed by atoms with E-state index in [2.05, 4.69) is 10.0 Å². The van der Waals surface area contributed by atoms with Crippen molar-refractivity contribution in [3.05, 3.63) is 42.5 Å². The maximum atomic E-state index is 12.2. The van der Waals surface area contributed by atoms with Gasteiger partial charge in [0.05, 0.1) is 4.90 Å². The first-order valence-corrected chi connectivity index (χ1v) is 8.31. The molecule has 0 bridgehead atoms. The van der Waals surface area contributed by atoms with E-state index in [0.29, 0.717) is 11.4 Å². The number of rotatable bonds is 7. The van der Waals surface area contributed by atoms with Crippen LogP contribution in [0.15, 0.2) is 47.4 Å². The fourth-order valence-corrected chi connectivity index (χ4v) is 3.12. The molecule has 0 aromatic heterocycles. The summed E-state index contributed by atoms with van der Waals surface area (Å²) in [5, 5.41) is 5.14. The van der Waals surface area contributed by atoms with Crippen LogP contribution in [0.3, 0.4) is 0 Å². The van der Waals surface area contributed by atoms with Crippen LogP contribution in [0.5, 0.6) is 0 Å². The Kier molecular flexibility index (Phi) is 5.11. The molecule has 0 aliphatic rings. The number of nitrogens with one attached hydrogen (secondary N) is 2. The lowest BCUT2D eigenvalue weighted by Gasteiger charge is -2.08. The Morgan fingerprint density at radius 3 is 2.50 bits per heavy atom. The van der Waals surface area contributed by atoms with Crippen LogP contribution < -0.4 is 10.0 Å². The van der Waals surface area contributed by atoms with Crippen LogP contribution in [0.4, 0.5) is 0 Å². The molecule has 2 aromatic carbocycles. The van der Waals surface area contributed by atoms with E-state index in [-0.39, 0.29) is 0 Å². The Morgan fingerprint density at radius 1 is 1.00 bits per heavy atom. The second-order valence-corrected chi connectivity index (χ2v) is 6.38. The van der Waals surface area contributed by atoms with Crippen molar-refractivity contribution in [1.82, 2.24) is 10.0 Å². The summed E-state index contributed by atoms with van der Waals surface area (Å²) in [4.78, 5) is 0.319. The van der Waals surface area contributed by atoms with Crippen molar-refractivity contribution in [2.75, 3.05) is 19.6 Å². The first kappa shape index (κ1) is 15.0. The smallest absolute Gasteiger partial charge is 0.240 e. The van der Waals surface area contributed by atoms with E-state index in [1.165, 1.54) is 0 Å². The van der Waals surface area contributed by atoms with E-state index in [1.54, 1.807) is 12.1 Å². The maximum absolute atomic E-state index is 12.2. The minimum absolute atomic E-state index is 0.319. The minimum atomic E-state index is -3.42. The van der Waals surface area contributed by atoms with Gasteiger partial charge in [0.15, 0.2) is 0 Å². The summed E-state index contributed by atoms with van der Waals surface area (Å²) >= 11 is 0. The third-order valence-corrected chi connectivity index (χ3v) is 4.56. The third-order valence-electron chi connectivity index (χ3n) is 3.10. The summed E-state index contributed by atoms with van der Waals surface area (Å²) in [5.41, 5.74) is 0. The molecule has 0 radical (unpaired) electrons. The van der Waals surface area contributed by atoms with Gasteiger partial charge >= 0.3 is 0 Å². The lowest BCUT2D eigenvalue weighted by Crippen LogP contribution is -2.27. The molecule has 4 nitrogen and oxygen atoms in total. The normalized spacial score (nSPS) is 11.8. The van der Waals surface area contributed by atoms with E-state index < -0.39 is 10.0 Å². The van der Waals surface area contributed by atoms with Crippen LogP contribution in [-0.2, 0) is 10.0 Å². The third kappa shape index (κ3) is 3.79. The van der Waals surface area contributed by atoms with Gasteiger partial charge in [0.2, 0.25) is 10.0 Å². The zero-order valence-electron chi connectivity index (χ0n) is 11.6. The van der Waals surface area contributed by atoms with Gasteiger partial charge in [0.25, 0.3) is 0 Å². The van der Waals surface area contributed by atoms with Crippen molar-refractivity contribution in [3.63, 3.8) is 0 Å². The largest absolute Gasteiger partial charge is 0.317 e. The molecule has 2 N–H and O–H groups in total. The molecule has 0 aliphatic carbocycles. The number of hydrogen-bond acceptors (Lipinski definition) is 3. The summed E-state index contributed by atoms with van der Waals surface area (Å²) in [6, 6.07) is 12.9. The van der Waals surface area contributed by atoms with Crippen molar-refractivity contribution in [1.29, 1.82) is 0 Å². The van der Waals surface area contributed by atoms with Gasteiger partial charge in [-0.2, -0.15) is 0 Å². The molecule has 0 atom stereocenters. The average molecular weight is 292 g/mol. The van der Waals surface area contributed by atoms with Gasteiger partial charge in [-0.05, 0) is 42.4 Å². The molecule has 5 heteroatoms. The van der Waals surface area contributed by atoms with Crippen LogP contribution in [-0.4, -0.2) is 28.1 Å². The molecule has 0 fully saturated rings. The highest BCUT2D eigenvalue weighted by Gasteiger charge is 2.13. The Bertz CT molecular complexity index is 668. The Morgan fingerprint density at radius 2 is 1.75 bits per heavy atom. The predicted molar refractivity (Wildman–Crippen MR) is 82.3 cm³/mol. The average Bonchev–Trinajstić information content (AvgIpc) is 2.46. The molecular formula is C15H20N2O2S. The highest BCUT2D eigenvalue weighted by molar-refractivity contribution is 7.89. The first-order chi connectivity index (χ1) is 9.63. The van der Waals surface area contributed by atoms with Crippen molar-refractivity contribution >= 4 is 20.8 Å². The number of benzene rings is 2. The zero-order valence-corrected chi connectivity index (χ0v) is 12.4. The number of fused-ring (bicyclic) bond motifs is 1. The molecule has 108 valence electrons. The molecule has 0 unspecified atom stereocenters. The van der Waals surface area contributed by atoms with E-state index in [9.17, 15) is 8.42 Å². The molecule has 0 saturated carbocycles. The van der Waals surface area contributed by atoms with Gasteiger partial charge < -0.3 is 5.32 Å². The van der Waals surface area contributed by atoms with Crippen molar-refractivity contribution in [2.24, 2.45) is 0 Å². The Labute approximate surface area is 120 Å². The van der Waals surface area contributed by atoms with Crippen LogP contribution in [0.25, 0.3) is 10.8 Å². The van der Waals surface area contributed by atoms with Crippen LogP contribution in [0, 0.1) is 0 Å². The summed E-state index contributed by atoms with van der Waals surface area (Å²) in [6.45, 7) is 4.19. The van der Waals surface area contributed by atoms with Gasteiger partial charge in [-0.1, -0.05) is 37.3 Å². The molecule has 20 heavy (non-hydrogen) atoms. The van der Waals surface area contributed by atoms with E-state index in [4.69, 9.17) is 0 Å². The lowest BCUT2D eigenvalue weighted by atomic mass is 10.1. The molecule has 0 heterocycles. The van der Waals surface area contributed by atoms with E-state index >= 15 is 0 Å². The molecule has 0 spiro atoms. The molecular weight excluding hydrogens is 272 g/mol. The number of hydrogen-bond donors (Lipinski definition) is 2. The van der Waals surface area contributed by atoms with Gasteiger partial charge in [-0.25, -0.2) is 13.1 Å². The Balaban J connectivity index is 2.07. The first-order valence-electron chi connectivity index (χ1n) is 6.82. The lowest BCUT2D eigenvalue weighted by molar-refractivity contribution is 0.575. The van der Waals surface area contributed by atoms with E-state index in [1.807, 2.05) is 37.3 Å². The molecule has 2 aromatic rings. The van der Waals surface area contributed by atoms with Gasteiger partial charge in [-0.15, -0.1) is 0 Å². The summed E-state index contributed by atoms with van der Waals surface area (Å²) in [6.07, 6.45) is 0.778. The van der Waals surface area contributed by atoms with Crippen molar-refractivity contribution in [2.45, 2.75) is 18.2 Å². The summed E-state index contributed by atoms with van der Waals surface area (Å²) < 4.78 is 27.0. The second kappa shape index (κ2) is 6.83. The van der Waals surface area contributed by atoms with Crippen molar-refractivity contribution in [3.8, 4) is 0 Å². The standard InChI is InChI=1S/C15H20N2O2S/c1-2-16-10-5-11-17-20(18,19)15-9-8-13-6-3-4-7-14(13)12-15/h3-4,6-9,12,16-17H,2,5,10-11H2,1H3. The monoisotopic (exact) mass is 292 g/mol. The molecule has 2 rings (SSSR count). The minimum Gasteiger partial charge on any atom is -0.317 e. The topological polar surface area (TPSA) is 58.2 Å². The van der Waals surface area contributed by atoms with Gasteiger partial charge in [0.1, 0.15) is 0 Å². The second-order valence-electron chi connectivity index (χ2n) is 4.61. The highest BCUT2D eigenvalue weighted by atomic mass is 32.2. The maximum Gasteiger partial charge on any atom is 0.240 e. The number of sulfonamides is 1. The quantitative estimate of drug-likeness (QED) is 0.769. The Hall–Kier alpha value is -1.43. The highest BCUT2D eigenvalue weighted by Crippen LogP contribution is 2.18. The molecule has 0 amide bonds. The van der Waals surface area contributed by atoms with Gasteiger partial charge in [0, 0.05) is 6.54 Å². The van der Waals surface area contributed by atoms with Crippen LogP contribution in [0.1, 0.15) is 13.3 Å². The van der Waals surface area contributed by atoms with Crippen molar-refractivity contribution < 1.29 is 8.42 Å². The summed E-state index contributed by atoms with van der Waals surface area (Å²) in [7, 11) is -3.42. The van der Waals surface area contributed by atoms with E-state index in [0.717, 1.165) is 30.3 Å². The predicted octanol–water partition coefficient (Wildman–Crippen LogP) is 2.12. The fourth-order valence-electron chi connectivity index (χ4n) is 2.01. The fraction of sp³-hybridized carbons (Fsp3) is 0.333. The summed E-state index contributed by atoms with van der Waals surface area (Å²) in [5.74, 6) is 0. The van der Waals surface area contributed by atoms with Crippen LogP contribution >= 0.6 is 0 Å². The van der Waals surface area contributed by atoms with Gasteiger partial charge in [-0.3, -0.25) is 0 Å². The SMILES string of the molecule is CCNCCCNS(=O)(=O)c1ccc2ccccc2c1. The van der Waals surface area contributed by atoms with Crippen LogP contribution in [0.2, 0.25) is 0 Å².